The molecule has 5 fully saturated rings. The normalized spacial score (nSPS) is 55.4. The molecule has 0 aromatic carbocycles. The molecule has 5 aliphatic rings. The van der Waals surface area contributed by atoms with Gasteiger partial charge in [-0.2, -0.15) is 0 Å². The van der Waals surface area contributed by atoms with Crippen molar-refractivity contribution < 1.29 is 5.11 Å². The predicted octanol–water partition coefficient (Wildman–Crippen LogP) is 7.08. The maximum Gasteiger partial charge on any atom is 0.0607 e. The van der Waals surface area contributed by atoms with E-state index in [1.807, 2.05) is 0 Å². The smallest absolute Gasteiger partial charge is 0.0607 e. The summed E-state index contributed by atoms with van der Waals surface area (Å²) in [5, 5.41) is 11.3. The second kappa shape index (κ2) is 6.48. The maximum absolute atomic E-state index is 11.3. The molecule has 0 amide bonds. The molecule has 0 heterocycles. The molecule has 1 N–H and O–H groups in total. The average molecular weight is 387 g/mol. The van der Waals surface area contributed by atoms with Crippen LogP contribution in [0.15, 0.2) is 0 Å². The Bertz CT molecular complexity index is 611. The third kappa shape index (κ3) is 2.47. The highest BCUT2D eigenvalue weighted by Crippen LogP contribution is 2.81. The first-order valence-electron chi connectivity index (χ1n) is 12.9. The lowest BCUT2D eigenvalue weighted by Gasteiger charge is -2.60. The zero-order valence-corrected chi connectivity index (χ0v) is 19.3. The quantitative estimate of drug-likeness (QED) is 0.535. The molecule has 0 aromatic heterocycles. The van der Waals surface area contributed by atoms with Crippen LogP contribution < -0.4 is 0 Å². The number of hydrogen-bond acceptors (Lipinski definition) is 1. The molecule has 160 valence electrons. The minimum absolute atomic E-state index is 0.0103. The van der Waals surface area contributed by atoms with E-state index in [-0.39, 0.29) is 6.10 Å². The van der Waals surface area contributed by atoms with E-state index in [2.05, 4.69) is 34.6 Å². The molecule has 0 bridgehead atoms. The van der Waals surface area contributed by atoms with Crippen LogP contribution >= 0.6 is 0 Å². The molecule has 5 rings (SSSR count). The van der Waals surface area contributed by atoms with Gasteiger partial charge >= 0.3 is 0 Å². The second-order valence-electron chi connectivity index (χ2n) is 13.1. The summed E-state index contributed by atoms with van der Waals surface area (Å²) in [5.41, 5.74) is 1.37. The van der Waals surface area contributed by atoms with Gasteiger partial charge in [-0.05, 0) is 104 Å². The van der Waals surface area contributed by atoms with E-state index in [0.717, 1.165) is 47.8 Å². The zero-order valence-electron chi connectivity index (χ0n) is 19.3. The predicted molar refractivity (Wildman–Crippen MR) is 117 cm³/mol. The van der Waals surface area contributed by atoms with Crippen molar-refractivity contribution in [3.8, 4) is 0 Å². The van der Waals surface area contributed by atoms with Gasteiger partial charge in [0.05, 0.1) is 6.10 Å². The summed E-state index contributed by atoms with van der Waals surface area (Å²) in [7, 11) is 0. The van der Waals surface area contributed by atoms with Crippen molar-refractivity contribution in [1.82, 2.24) is 0 Å². The minimum atomic E-state index is 0.0103. The minimum Gasteiger partial charge on any atom is -0.393 e. The molecule has 5 saturated carbocycles. The molecule has 0 aromatic rings. The van der Waals surface area contributed by atoms with Crippen LogP contribution in [0.5, 0.6) is 0 Å². The third-order valence-corrected chi connectivity index (χ3v) is 11.8. The summed E-state index contributed by atoms with van der Waals surface area (Å²) in [6.45, 7) is 12.6. The highest BCUT2D eigenvalue weighted by atomic mass is 16.3. The molecule has 0 radical (unpaired) electrons. The molecular weight excluding hydrogens is 340 g/mol. The van der Waals surface area contributed by atoms with E-state index in [4.69, 9.17) is 0 Å². The Morgan fingerprint density at radius 1 is 0.929 bits per heavy atom. The van der Waals surface area contributed by atoms with Crippen LogP contribution in [-0.4, -0.2) is 11.2 Å². The number of aliphatic hydroxyl groups excluding tert-OH is 1. The Balaban J connectivity index is 1.34. The molecule has 10 atom stereocenters. The number of aliphatic hydroxyl groups is 1. The summed E-state index contributed by atoms with van der Waals surface area (Å²) in [4.78, 5) is 0. The lowest BCUT2D eigenvalue weighted by Crippen LogP contribution is -2.56. The Hall–Kier alpha value is -0.0400. The summed E-state index contributed by atoms with van der Waals surface area (Å²) in [6.07, 6.45) is 15.4. The summed E-state index contributed by atoms with van der Waals surface area (Å²) in [5.74, 6) is 6.17. The molecular formula is C27H46O. The van der Waals surface area contributed by atoms with E-state index in [1.165, 1.54) is 64.2 Å². The molecule has 1 heteroatoms. The summed E-state index contributed by atoms with van der Waals surface area (Å²) < 4.78 is 0. The van der Waals surface area contributed by atoms with E-state index in [1.54, 1.807) is 0 Å². The molecule has 5 aliphatic carbocycles. The van der Waals surface area contributed by atoms with Gasteiger partial charge in [-0.3, -0.25) is 0 Å². The summed E-state index contributed by atoms with van der Waals surface area (Å²) in [6, 6.07) is 0. The topological polar surface area (TPSA) is 20.2 Å². The molecule has 1 spiro atoms. The van der Waals surface area contributed by atoms with Crippen LogP contribution in [0, 0.1) is 57.7 Å². The lowest BCUT2D eigenvalue weighted by atomic mass is 9.45. The van der Waals surface area contributed by atoms with Crippen molar-refractivity contribution in [3.05, 3.63) is 0 Å². The van der Waals surface area contributed by atoms with E-state index in [9.17, 15) is 5.11 Å². The van der Waals surface area contributed by atoms with Crippen molar-refractivity contribution in [2.45, 2.75) is 111 Å². The molecule has 28 heavy (non-hydrogen) atoms. The van der Waals surface area contributed by atoms with Crippen molar-refractivity contribution in [2.75, 3.05) is 0 Å². The zero-order chi connectivity index (χ0) is 19.9. The van der Waals surface area contributed by atoms with Gasteiger partial charge in [-0.1, -0.05) is 53.9 Å². The van der Waals surface area contributed by atoms with Gasteiger partial charge in [0.25, 0.3) is 0 Å². The number of rotatable bonds is 5. The van der Waals surface area contributed by atoms with Gasteiger partial charge in [-0.15, -0.1) is 0 Å². The Morgan fingerprint density at radius 3 is 2.43 bits per heavy atom. The fraction of sp³-hybridized carbons (Fsp3) is 1.00. The van der Waals surface area contributed by atoms with E-state index in [0.29, 0.717) is 16.2 Å². The fourth-order valence-electron chi connectivity index (χ4n) is 10.3. The molecule has 4 unspecified atom stereocenters. The molecule has 0 aliphatic heterocycles. The van der Waals surface area contributed by atoms with Gasteiger partial charge in [-0.25, -0.2) is 0 Å². The second-order valence-corrected chi connectivity index (χ2v) is 13.1. The van der Waals surface area contributed by atoms with Crippen LogP contribution in [0.2, 0.25) is 0 Å². The summed E-state index contributed by atoms with van der Waals surface area (Å²) >= 11 is 0. The molecule has 0 saturated heterocycles. The maximum atomic E-state index is 11.3. The SMILES string of the molecule is CC(C)CCC[C@@H](C)[C@H]1CCC2C3C[C@@H](O)C45C[C@H]4CC[C@]5(C)C3CC[C@@]21C. The number of hydrogen-bond donors (Lipinski definition) is 1. The van der Waals surface area contributed by atoms with Crippen LogP contribution in [0.4, 0.5) is 0 Å². The van der Waals surface area contributed by atoms with Crippen molar-refractivity contribution in [2.24, 2.45) is 57.7 Å². The lowest BCUT2D eigenvalue weighted by molar-refractivity contribution is -0.152. The highest BCUT2D eigenvalue weighted by molar-refractivity contribution is 5.25. The van der Waals surface area contributed by atoms with E-state index < -0.39 is 0 Å². The van der Waals surface area contributed by atoms with Crippen LogP contribution in [0.25, 0.3) is 0 Å². The molecule has 1 nitrogen and oxygen atoms in total. The fourth-order valence-corrected chi connectivity index (χ4v) is 10.3. The van der Waals surface area contributed by atoms with Gasteiger partial charge in [0, 0.05) is 5.41 Å². The van der Waals surface area contributed by atoms with Crippen LogP contribution in [0.1, 0.15) is 105 Å². The van der Waals surface area contributed by atoms with Crippen LogP contribution in [0.3, 0.4) is 0 Å². The Morgan fingerprint density at radius 2 is 1.71 bits per heavy atom. The van der Waals surface area contributed by atoms with Crippen molar-refractivity contribution in [1.29, 1.82) is 0 Å². The van der Waals surface area contributed by atoms with Crippen molar-refractivity contribution >= 4 is 0 Å². The Labute approximate surface area is 174 Å². The first-order valence-corrected chi connectivity index (χ1v) is 12.9. The van der Waals surface area contributed by atoms with Gasteiger partial charge in [0.15, 0.2) is 0 Å². The third-order valence-electron chi connectivity index (χ3n) is 11.8. The van der Waals surface area contributed by atoms with Crippen LogP contribution in [-0.2, 0) is 0 Å². The van der Waals surface area contributed by atoms with E-state index >= 15 is 0 Å². The number of fused-ring (bicyclic) bond motifs is 4. The first kappa shape index (κ1) is 19.9. The standard InChI is InChI=1S/C27H46O/c1-17(2)7-6-8-18(3)21-9-10-22-20-15-24(28)27-16-19(27)11-14-26(27,5)23(20)12-13-25(21,22)4/h17-24,28H,6-16H2,1-5H3/t18-,19-,20?,21-,22?,23?,24-,25-,26-,27?/m1/s1. The monoisotopic (exact) mass is 386 g/mol. The Kier molecular flexibility index (Phi) is 4.60. The highest BCUT2D eigenvalue weighted by Gasteiger charge is 2.77. The van der Waals surface area contributed by atoms with Gasteiger partial charge in [0.2, 0.25) is 0 Å². The first-order chi connectivity index (χ1) is 13.2. The largest absolute Gasteiger partial charge is 0.393 e. The average Bonchev–Trinajstić information content (AvgIpc) is 3.15. The van der Waals surface area contributed by atoms with Crippen molar-refractivity contribution in [3.63, 3.8) is 0 Å². The van der Waals surface area contributed by atoms with Gasteiger partial charge in [0.1, 0.15) is 0 Å². The van der Waals surface area contributed by atoms with Gasteiger partial charge < -0.3 is 5.11 Å².